The van der Waals surface area contributed by atoms with Gasteiger partial charge < -0.3 is 14.9 Å². The van der Waals surface area contributed by atoms with Gasteiger partial charge in [0, 0.05) is 42.2 Å². The lowest BCUT2D eigenvalue weighted by atomic mass is 10.1. The van der Waals surface area contributed by atoms with E-state index in [1.165, 1.54) is 23.1 Å². The number of primary amides is 1. The van der Waals surface area contributed by atoms with Crippen molar-refractivity contribution in [3.63, 3.8) is 0 Å². The first-order chi connectivity index (χ1) is 15.6. The number of thiophene rings is 1. The number of Topliss-reactive ketones (excluding diaryl/α,β-unsaturated/α-hetero) is 1. The molecule has 0 aliphatic heterocycles. The van der Waals surface area contributed by atoms with Crippen LogP contribution in [-0.4, -0.2) is 36.8 Å². The van der Waals surface area contributed by atoms with E-state index in [2.05, 4.69) is 16.3 Å². The molecule has 0 unspecified atom stereocenters. The van der Waals surface area contributed by atoms with Crippen molar-refractivity contribution in [2.24, 2.45) is 5.73 Å². The maximum absolute atomic E-state index is 13.1. The van der Waals surface area contributed by atoms with Gasteiger partial charge >= 0.3 is 0 Å². The molecule has 1 aromatic carbocycles. The zero-order valence-corrected chi connectivity index (χ0v) is 18.7. The molecule has 0 bridgehead atoms. The third-order valence-corrected chi connectivity index (χ3v) is 6.76. The van der Waals surface area contributed by atoms with Gasteiger partial charge in [-0.05, 0) is 17.5 Å². The lowest BCUT2D eigenvalue weighted by Gasteiger charge is -2.08. The molecule has 0 radical (unpaired) electrons. The summed E-state index contributed by atoms with van der Waals surface area (Å²) < 4.78 is 3.78. The van der Waals surface area contributed by atoms with Crippen LogP contribution in [0.3, 0.4) is 0 Å². The predicted molar refractivity (Wildman–Crippen MR) is 124 cm³/mol. The van der Waals surface area contributed by atoms with Crippen LogP contribution in [0.4, 0.5) is 0 Å². The molecule has 1 amide bonds. The molecule has 4 aromatic rings. The molecule has 3 heterocycles. The van der Waals surface area contributed by atoms with Crippen LogP contribution >= 0.6 is 23.1 Å². The monoisotopic (exact) mass is 464 g/mol. The minimum Gasteiger partial charge on any atom is -0.370 e. The Bertz CT molecular complexity index is 1300. The Morgan fingerprint density at radius 2 is 2.00 bits per heavy atom. The molecule has 0 saturated carbocycles. The number of fused-ring (bicyclic) bond motifs is 1. The second-order valence-electron chi connectivity index (χ2n) is 7.02. The highest BCUT2D eigenvalue weighted by molar-refractivity contribution is 7.99. The molecule has 3 aromatic heterocycles. The van der Waals surface area contributed by atoms with Gasteiger partial charge in [-0.3, -0.25) is 9.59 Å². The van der Waals surface area contributed by atoms with Crippen molar-refractivity contribution in [2.75, 3.05) is 5.75 Å². The Morgan fingerprint density at radius 1 is 1.16 bits per heavy atom. The predicted octanol–water partition coefficient (Wildman–Crippen LogP) is 3.73. The van der Waals surface area contributed by atoms with E-state index in [1.807, 2.05) is 57.1 Å². The summed E-state index contributed by atoms with van der Waals surface area (Å²) in [6.07, 6.45) is 2.35. The molecule has 0 spiro atoms. The van der Waals surface area contributed by atoms with Gasteiger partial charge in [0.05, 0.1) is 23.1 Å². The maximum Gasteiger partial charge on any atom is 0.219 e. The number of ketones is 1. The molecule has 0 fully saturated rings. The average molecular weight is 465 g/mol. The van der Waals surface area contributed by atoms with Crippen LogP contribution in [0, 0.1) is 11.3 Å². The molecule has 0 aliphatic carbocycles. The van der Waals surface area contributed by atoms with Crippen LogP contribution in [0.25, 0.3) is 21.6 Å². The Hall–Kier alpha value is -3.42. The topological polar surface area (TPSA) is 120 Å². The highest BCUT2D eigenvalue weighted by Crippen LogP contribution is 2.29. The largest absolute Gasteiger partial charge is 0.370 e. The molecule has 4 rings (SSSR count). The van der Waals surface area contributed by atoms with E-state index in [1.54, 1.807) is 0 Å². The molecule has 0 saturated heterocycles. The van der Waals surface area contributed by atoms with Crippen LogP contribution in [0.1, 0.15) is 23.2 Å². The second kappa shape index (κ2) is 9.80. The lowest BCUT2D eigenvalue weighted by molar-refractivity contribution is -0.118. The molecule has 2 N–H and O–H groups in total. The molecule has 8 nitrogen and oxygen atoms in total. The first-order valence-corrected chi connectivity index (χ1v) is 11.8. The summed E-state index contributed by atoms with van der Waals surface area (Å²) in [5, 5.41) is 20.8. The summed E-state index contributed by atoms with van der Waals surface area (Å²) in [5.74, 6) is 0.382. The number of thioether (sulfide) groups is 1. The normalized spacial score (nSPS) is 11.0. The molecular formula is C22H20N6O2S2. The van der Waals surface area contributed by atoms with E-state index in [-0.39, 0.29) is 18.0 Å². The number of aromatic nitrogens is 4. The average Bonchev–Trinajstić information content (AvgIpc) is 3.53. The number of nitriles is 1. The number of benzene rings is 1. The summed E-state index contributed by atoms with van der Waals surface area (Å²) in [4.78, 5) is 25.4. The van der Waals surface area contributed by atoms with Gasteiger partial charge in [0.25, 0.3) is 0 Å². The zero-order chi connectivity index (χ0) is 22.5. The fraction of sp³-hybridized carbons (Fsp3) is 0.227. The highest BCUT2D eigenvalue weighted by atomic mass is 32.2. The quantitative estimate of drug-likeness (QED) is 0.282. The van der Waals surface area contributed by atoms with Gasteiger partial charge in [-0.1, -0.05) is 36.0 Å². The molecule has 0 atom stereocenters. The molecule has 10 heteroatoms. The number of nitrogens with two attached hydrogens (primary N) is 1. The minimum atomic E-state index is -0.409. The van der Waals surface area contributed by atoms with E-state index >= 15 is 0 Å². The lowest BCUT2D eigenvalue weighted by Crippen LogP contribution is -2.15. The number of hydrogen-bond donors (Lipinski definition) is 1. The van der Waals surface area contributed by atoms with Crippen molar-refractivity contribution >= 4 is 45.7 Å². The van der Waals surface area contributed by atoms with Gasteiger partial charge in [0.1, 0.15) is 0 Å². The number of para-hydroxylation sites is 1. The van der Waals surface area contributed by atoms with E-state index in [0.717, 1.165) is 15.8 Å². The summed E-state index contributed by atoms with van der Waals surface area (Å²) in [5.41, 5.74) is 6.89. The Morgan fingerprint density at radius 3 is 2.75 bits per heavy atom. The van der Waals surface area contributed by atoms with Crippen LogP contribution in [-0.2, 0) is 17.9 Å². The number of carbonyl (C=O) groups excluding carboxylic acids is 2. The highest BCUT2D eigenvalue weighted by Gasteiger charge is 2.19. The first-order valence-electron chi connectivity index (χ1n) is 9.94. The van der Waals surface area contributed by atoms with E-state index in [9.17, 15) is 9.59 Å². The first kappa shape index (κ1) is 21.8. The summed E-state index contributed by atoms with van der Waals surface area (Å²) in [6.45, 7) is 0.878. The van der Waals surface area contributed by atoms with Crippen LogP contribution in [0.15, 0.2) is 53.1 Å². The van der Waals surface area contributed by atoms with Gasteiger partial charge in [-0.2, -0.15) is 5.26 Å². The van der Waals surface area contributed by atoms with Crippen molar-refractivity contribution in [1.82, 2.24) is 19.3 Å². The number of carbonyl (C=O) groups is 2. The van der Waals surface area contributed by atoms with Crippen LogP contribution in [0.2, 0.25) is 0 Å². The third-order valence-electron chi connectivity index (χ3n) is 4.93. The summed E-state index contributed by atoms with van der Waals surface area (Å²) in [6, 6.07) is 13.7. The number of nitrogens with zero attached hydrogens (tertiary/aromatic N) is 5. The van der Waals surface area contributed by atoms with Crippen molar-refractivity contribution in [2.45, 2.75) is 31.1 Å². The van der Waals surface area contributed by atoms with E-state index in [0.29, 0.717) is 36.1 Å². The Labute approximate surface area is 192 Å². The zero-order valence-electron chi connectivity index (χ0n) is 17.1. The molecule has 0 aliphatic rings. The Kier molecular flexibility index (Phi) is 6.68. The number of hydrogen-bond acceptors (Lipinski definition) is 7. The van der Waals surface area contributed by atoms with E-state index < -0.39 is 5.91 Å². The van der Waals surface area contributed by atoms with Gasteiger partial charge in [-0.15, -0.1) is 21.5 Å². The fourth-order valence-electron chi connectivity index (χ4n) is 3.44. The van der Waals surface area contributed by atoms with Crippen molar-refractivity contribution in [1.29, 1.82) is 5.26 Å². The van der Waals surface area contributed by atoms with Gasteiger partial charge in [0.2, 0.25) is 5.91 Å². The summed E-state index contributed by atoms with van der Waals surface area (Å²) in [7, 11) is 0. The third kappa shape index (κ3) is 4.59. The maximum atomic E-state index is 13.1. The summed E-state index contributed by atoms with van der Waals surface area (Å²) >= 11 is 2.81. The SMILES string of the molecule is N#CCCn1cc(C(=O)CSc2nnc(-c3cccs3)n2CCC(N)=O)c2ccccc21. The van der Waals surface area contributed by atoms with Crippen molar-refractivity contribution in [3.8, 4) is 16.8 Å². The van der Waals surface area contributed by atoms with E-state index in [4.69, 9.17) is 11.0 Å². The number of rotatable bonds is 10. The molecule has 162 valence electrons. The van der Waals surface area contributed by atoms with Crippen LogP contribution in [0.5, 0.6) is 0 Å². The molecule has 32 heavy (non-hydrogen) atoms. The number of aryl methyl sites for hydroxylation is 1. The van der Waals surface area contributed by atoms with Crippen LogP contribution < -0.4 is 5.73 Å². The van der Waals surface area contributed by atoms with Gasteiger partial charge in [0.15, 0.2) is 16.8 Å². The van der Waals surface area contributed by atoms with Gasteiger partial charge in [-0.25, -0.2) is 0 Å². The molecular weight excluding hydrogens is 444 g/mol. The fourth-order valence-corrected chi connectivity index (χ4v) is 5.00. The van der Waals surface area contributed by atoms with Crippen molar-refractivity contribution < 1.29 is 9.59 Å². The minimum absolute atomic E-state index is 0.0379. The Balaban J connectivity index is 1.57. The standard InChI is InChI=1S/C22H20N6O2S2/c23-9-4-10-27-13-16(15-5-1-2-6-17(15)27)18(29)14-32-22-26-25-21(19-7-3-12-31-19)28(22)11-8-20(24)30/h1-3,5-7,12-13H,4,8,10-11,14H2,(H2,24,30). The number of amides is 1. The smallest absolute Gasteiger partial charge is 0.219 e. The second-order valence-corrected chi connectivity index (χ2v) is 8.91. The van der Waals surface area contributed by atoms with Crippen molar-refractivity contribution in [3.05, 3.63) is 53.5 Å².